The third-order valence-electron chi connectivity index (χ3n) is 1.36. The quantitative estimate of drug-likeness (QED) is 0.375. The molecular weight excluding hydrogens is 176 g/mol. The van der Waals surface area contributed by atoms with Crippen LogP contribution in [0.4, 0.5) is 0 Å². The van der Waals surface area contributed by atoms with Gasteiger partial charge in [0.25, 0.3) is 0 Å². The molecule has 0 heterocycles. The molecule has 5 nitrogen and oxygen atoms in total. The highest BCUT2D eigenvalue weighted by Crippen LogP contribution is 1.97. The van der Waals surface area contributed by atoms with Crippen molar-refractivity contribution in [3.8, 4) is 0 Å². The van der Waals surface area contributed by atoms with Crippen LogP contribution in [0.2, 0.25) is 0 Å². The molecule has 0 aromatic heterocycles. The minimum absolute atomic E-state index is 0.214. The van der Waals surface area contributed by atoms with Gasteiger partial charge >= 0.3 is 5.97 Å². The van der Waals surface area contributed by atoms with Crippen molar-refractivity contribution in [2.75, 3.05) is 13.2 Å². The van der Waals surface area contributed by atoms with Crippen LogP contribution in [0, 0.1) is 0 Å². The molecule has 0 saturated heterocycles. The van der Waals surface area contributed by atoms with Crippen LogP contribution in [-0.2, 0) is 9.53 Å². The third-order valence-corrected chi connectivity index (χ3v) is 1.36. The molecule has 76 valence electrons. The number of carbonyl (C=O) groups excluding carboxylic acids is 1. The minimum Gasteiger partial charge on any atom is -0.459 e. The van der Waals surface area contributed by atoms with Gasteiger partial charge in [-0.15, -0.1) is 0 Å². The van der Waals surface area contributed by atoms with Gasteiger partial charge in [-0.05, 0) is 6.92 Å². The smallest absolute Gasteiger partial charge is 0.333 e. The molecule has 0 bridgehead atoms. The number of hydrogen-bond acceptors (Lipinski definition) is 5. The topological polar surface area (TPSA) is 87.0 Å². The fourth-order valence-corrected chi connectivity index (χ4v) is 0.517. The Balaban J connectivity index is 3.76. The Morgan fingerprint density at radius 2 is 2.00 bits per heavy atom. The molecule has 0 aliphatic rings. The van der Waals surface area contributed by atoms with Crippen molar-refractivity contribution in [1.29, 1.82) is 0 Å². The highest BCUT2D eigenvalue weighted by atomic mass is 16.5. The Labute approximate surface area is 76.3 Å². The van der Waals surface area contributed by atoms with Crippen LogP contribution in [0.3, 0.4) is 0 Å². The van der Waals surface area contributed by atoms with Gasteiger partial charge in [0.1, 0.15) is 18.8 Å². The van der Waals surface area contributed by atoms with Gasteiger partial charge in [0.2, 0.25) is 0 Å². The summed E-state index contributed by atoms with van der Waals surface area (Å²) in [5.74, 6) is -0.635. The van der Waals surface area contributed by atoms with Crippen molar-refractivity contribution in [2.24, 2.45) is 0 Å². The lowest BCUT2D eigenvalue weighted by atomic mass is 10.2. The van der Waals surface area contributed by atoms with E-state index in [2.05, 4.69) is 11.3 Å². The molecule has 5 heteroatoms. The molecule has 0 fully saturated rings. The summed E-state index contributed by atoms with van der Waals surface area (Å²) in [7, 11) is 0. The molecule has 13 heavy (non-hydrogen) atoms. The third kappa shape index (κ3) is 4.62. The first-order chi connectivity index (χ1) is 5.99. The summed E-state index contributed by atoms with van der Waals surface area (Å²) < 4.78 is 4.53. The van der Waals surface area contributed by atoms with Crippen LogP contribution in [0.5, 0.6) is 0 Å². The molecule has 2 atom stereocenters. The number of aliphatic hydroxyl groups excluding tert-OH is 3. The van der Waals surface area contributed by atoms with Gasteiger partial charge in [0, 0.05) is 5.57 Å². The van der Waals surface area contributed by atoms with Gasteiger partial charge in [0.05, 0.1) is 6.61 Å². The maximum absolute atomic E-state index is 10.8. The molecular formula is C8H14O5. The summed E-state index contributed by atoms with van der Waals surface area (Å²) in [6.45, 7) is 3.87. The molecule has 0 spiro atoms. The second-order valence-electron chi connectivity index (χ2n) is 2.70. The molecule has 2 unspecified atom stereocenters. The van der Waals surface area contributed by atoms with E-state index >= 15 is 0 Å². The molecule has 0 radical (unpaired) electrons. The molecule has 0 aliphatic heterocycles. The molecule has 0 aromatic carbocycles. The van der Waals surface area contributed by atoms with Crippen molar-refractivity contribution >= 4 is 5.97 Å². The van der Waals surface area contributed by atoms with Gasteiger partial charge in [-0.3, -0.25) is 0 Å². The van der Waals surface area contributed by atoms with Gasteiger partial charge in [-0.25, -0.2) is 4.79 Å². The zero-order valence-corrected chi connectivity index (χ0v) is 7.43. The van der Waals surface area contributed by atoms with E-state index in [9.17, 15) is 4.79 Å². The zero-order valence-electron chi connectivity index (χ0n) is 7.43. The van der Waals surface area contributed by atoms with Crippen molar-refractivity contribution in [1.82, 2.24) is 0 Å². The Bertz CT molecular complexity index is 189. The van der Waals surface area contributed by atoms with Gasteiger partial charge in [-0.2, -0.15) is 0 Å². The molecule has 0 rings (SSSR count). The lowest BCUT2D eigenvalue weighted by Crippen LogP contribution is -2.34. The first kappa shape index (κ1) is 12.1. The van der Waals surface area contributed by atoms with Crippen LogP contribution in [0.1, 0.15) is 6.92 Å². The highest BCUT2D eigenvalue weighted by Gasteiger charge is 2.17. The van der Waals surface area contributed by atoms with Crippen LogP contribution in [0.25, 0.3) is 0 Å². The predicted octanol–water partition coefficient (Wildman–Crippen LogP) is -1.18. The molecule has 0 aromatic rings. The van der Waals surface area contributed by atoms with Gasteiger partial charge in [-0.1, -0.05) is 6.58 Å². The zero-order chi connectivity index (χ0) is 10.4. The predicted molar refractivity (Wildman–Crippen MR) is 44.9 cm³/mol. The van der Waals surface area contributed by atoms with Crippen molar-refractivity contribution in [3.05, 3.63) is 12.2 Å². The van der Waals surface area contributed by atoms with E-state index < -0.39 is 24.8 Å². The number of aliphatic hydroxyl groups is 3. The summed E-state index contributed by atoms with van der Waals surface area (Å²) >= 11 is 0. The van der Waals surface area contributed by atoms with Crippen molar-refractivity contribution in [3.63, 3.8) is 0 Å². The maximum atomic E-state index is 10.8. The Hall–Kier alpha value is -0.910. The van der Waals surface area contributed by atoms with Crippen molar-refractivity contribution < 1.29 is 24.9 Å². The van der Waals surface area contributed by atoms with E-state index in [1.807, 2.05) is 0 Å². The Morgan fingerprint density at radius 3 is 2.38 bits per heavy atom. The number of carbonyl (C=O) groups is 1. The molecule has 0 amide bonds. The van der Waals surface area contributed by atoms with Crippen molar-refractivity contribution in [2.45, 2.75) is 19.1 Å². The normalized spacial score (nSPS) is 14.8. The minimum atomic E-state index is -1.29. The lowest BCUT2D eigenvalue weighted by Gasteiger charge is -2.15. The second-order valence-corrected chi connectivity index (χ2v) is 2.70. The molecule has 0 aliphatic carbocycles. The van der Waals surface area contributed by atoms with Crippen LogP contribution in [-0.4, -0.2) is 46.7 Å². The fraction of sp³-hybridized carbons (Fsp3) is 0.625. The first-order valence-corrected chi connectivity index (χ1v) is 3.78. The largest absolute Gasteiger partial charge is 0.459 e. The number of esters is 1. The van der Waals surface area contributed by atoms with Gasteiger partial charge in [0.15, 0.2) is 0 Å². The Kier molecular flexibility index (Phi) is 5.29. The summed E-state index contributed by atoms with van der Waals surface area (Å²) in [4.78, 5) is 10.8. The van der Waals surface area contributed by atoms with Crippen LogP contribution < -0.4 is 0 Å². The standard InChI is InChI=1S/C8H14O5/c1-5(2)8(12)13-4-7(11)6(10)3-9/h6-7,9-11H,1,3-4H2,2H3. The molecule has 3 N–H and O–H groups in total. The highest BCUT2D eigenvalue weighted by molar-refractivity contribution is 5.86. The summed E-state index contributed by atoms with van der Waals surface area (Å²) in [5.41, 5.74) is 0.214. The summed E-state index contributed by atoms with van der Waals surface area (Å²) in [5, 5.41) is 26.3. The van der Waals surface area contributed by atoms with Crippen LogP contribution in [0.15, 0.2) is 12.2 Å². The number of ether oxygens (including phenoxy) is 1. The number of hydrogen-bond donors (Lipinski definition) is 3. The average molecular weight is 190 g/mol. The lowest BCUT2D eigenvalue weighted by molar-refractivity contribution is -0.145. The second kappa shape index (κ2) is 5.69. The first-order valence-electron chi connectivity index (χ1n) is 3.78. The average Bonchev–Trinajstić information content (AvgIpc) is 2.11. The van der Waals surface area contributed by atoms with E-state index in [-0.39, 0.29) is 12.2 Å². The summed E-state index contributed by atoms with van der Waals surface area (Å²) in [6.07, 6.45) is -2.56. The summed E-state index contributed by atoms with van der Waals surface area (Å²) in [6, 6.07) is 0. The maximum Gasteiger partial charge on any atom is 0.333 e. The van der Waals surface area contributed by atoms with Crippen LogP contribution >= 0.6 is 0 Å². The monoisotopic (exact) mass is 190 g/mol. The van der Waals surface area contributed by atoms with E-state index in [4.69, 9.17) is 15.3 Å². The number of rotatable bonds is 5. The SMILES string of the molecule is C=C(C)C(=O)OCC(O)C(O)CO. The van der Waals surface area contributed by atoms with E-state index in [1.165, 1.54) is 6.92 Å². The molecule has 0 saturated carbocycles. The van der Waals surface area contributed by atoms with E-state index in [0.29, 0.717) is 0 Å². The van der Waals surface area contributed by atoms with E-state index in [0.717, 1.165) is 0 Å². The van der Waals surface area contributed by atoms with E-state index in [1.54, 1.807) is 0 Å². The fourth-order valence-electron chi connectivity index (χ4n) is 0.517. The Morgan fingerprint density at radius 1 is 1.46 bits per heavy atom. The van der Waals surface area contributed by atoms with Gasteiger partial charge < -0.3 is 20.1 Å².